The highest BCUT2D eigenvalue weighted by molar-refractivity contribution is 5.88. The molecule has 0 spiro atoms. The van der Waals surface area contributed by atoms with Gasteiger partial charge in [0.25, 0.3) is 0 Å². The summed E-state index contributed by atoms with van der Waals surface area (Å²) in [6.45, 7) is 5.78. The fraction of sp³-hybridized carbons (Fsp3) is 0.381. The molecule has 2 atom stereocenters. The molecule has 142 valence electrons. The van der Waals surface area contributed by atoms with Gasteiger partial charge in [0.15, 0.2) is 0 Å². The van der Waals surface area contributed by atoms with E-state index in [0.29, 0.717) is 6.42 Å². The number of nitriles is 1. The molecule has 0 fully saturated rings. The lowest BCUT2D eigenvalue weighted by atomic mass is 10.00. The van der Waals surface area contributed by atoms with Gasteiger partial charge in [0.2, 0.25) is 5.91 Å². The van der Waals surface area contributed by atoms with E-state index in [1.165, 1.54) is 0 Å². The summed E-state index contributed by atoms with van der Waals surface area (Å²) in [5.41, 5.74) is 1.01. The minimum absolute atomic E-state index is 0.0802. The van der Waals surface area contributed by atoms with Crippen molar-refractivity contribution >= 4 is 22.7 Å². The van der Waals surface area contributed by atoms with Gasteiger partial charge in [-0.3, -0.25) is 4.79 Å². The Hall–Kier alpha value is -3.07. The van der Waals surface area contributed by atoms with Crippen LogP contribution in [0.4, 0.5) is 4.79 Å². The smallest absolute Gasteiger partial charge is 0.315 e. The van der Waals surface area contributed by atoms with Gasteiger partial charge in [-0.25, -0.2) is 4.79 Å². The second-order valence-electron chi connectivity index (χ2n) is 6.97. The molecule has 3 N–H and O–H groups in total. The summed E-state index contributed by atoms with van der Waals surface area (Å²) < 4.78 is 0. The van der Waals surface area contributed by atoms with Crippen LogP contribution >= 0.6 is 0 Å². The second kappa shape index (κ2) is 9.58. The summed E-state index contributed by atoms with van der Waals surface area (Å²) in [5.74, 6) is -0.128. The van der Waals surface area contributed by atoms with Gasteiger partial charge in [-0.2, -0.15) is 5.26 Å². The molecule has 6 nitrogen and oxygen atoms in total. The number of nitrogens with zero attached hydrogens (tertiary/aromatic N) is 1. The molecular weight excluding hydrogens is 340 g/mol. The predicted octanol–water partition coefficient (Wildman–Crippen LogP) is 3.25. The van der Waals surface area contributed by atoms with Crippen molar-refractivity contribution in [2.75, 3.05) is 6.54 Å². The van der Waals surface area contributed by atoms with Crippen molar-refractivity contribution in [3.8, 4) is 6.07 Å². The molecule has 0 radical (unpaired) electrons. The van der Waals surface area contributed by atoms with Crippen LogP contribution < -0.4 is 16.0 Å². The number of benzene rings is 2. The number of rotatable bonds is 7. The molecule has 3 amide bonds. The predicted molar refractivity (Wildman–Crippen MR) is 106 cm³/mol. The van der Waals surface area contributed by atoms with Crippen LogP contribution in [0.5, 0.6) is 0 Å². The van der Waals surface area contributed by atoms with Gasteiger partial charge in [-0.1, -0.05) is 56.3 Å². The van der Waals surface area contributed by atoms with E-state index in [4.69, 9.17) is 5.26 Å². The lowest BCUT2D eigenvalue weighted by Crippen LogP contribution is -2.51. The van der Waals surface area contributed by atoms with Crippen LogP contribution in [0.2, 0.25) is 0 Å². The Morgan fingerprint density at radius 1 is 1.04 bits per heavy atom. The summed E-state index contributed by atoms with van der Waals surface area (Å²) in [6, 6.07) is 14.5. The first-order valence-corrected chi connectivity index (χ1v) is 9.11. The molecule has 2 rings (SSSR count). The Morgan fingerprint density at radius 3 is 2.44 bits per heavy atom. The molecule has 0 aliphatic rings. The van der Waals surface area contributed by atoms with Crippen LogP contribution in [0.15, 0.2) is 42.5 Å². The van der Waals surface area contributed by atoms with E-state index in [9.17, 15) is 9.59 Å². The van der Waals surface area contributed by atoms with Crippen molar-refractivity contribution in [2.45, 2.75) is 39.3 Å². The Kier molecular flexibility index (Phi) is 7.18. The summed E-state index contributed by atoms with van der Waals surface area (Å²) in [6.07, 6.45) is 0.493. The largest absolute Gasteiger partial charge is 0.341 e. The zero-order valence-corrected chi connectivity index (χ0v) is 16.0. The van der Waals surface area contributed by atoms with Crippen LogP contribution in [-0.2, 0) is 4.79 Å². The lowest BCUT2D eigenvalue weighted by Gasteiger charge is -2.22. The first-order valence-electron chi connectivity index (χ1n) is 9.11. The highest BCUT2D eigenvalue weighted by atomic mass is 16.2. The molecule has 0 saturated heterocycles. The molecule has 0 bridgehead atoms. The van der Waals surface area contributed by atoms with E-state index in [1.54, 1.807) is 0 Å². The van der Waals surface area contributed by atoms with Crippen molar-refractivity contribution < 1.29 is 9.59 Å². The number of carbonyl (C=O) groups excluding carboxylic acids is 2. The van der Waals surface area contributed by atoms with Gasteiger partial charge < -0.3 is 16.0 Å². The first-order chi connectivity index (χ1) is 12.9. The molecule has 0 aliphatic heterocycles. The van der Waals surface area contributed by atoms with Crippen molar-refractivity contribution in [1.82, 2.24) is 16.0 Å². The zero-order chi connectivity index (χ0) is 19.8. The Bertz CT molecular complexity index is 836. The number of amides is 3. The third-order valence-corrected chi connectivity index (χ3v) is 4.31. The monoisotopic (exact) mass is 366 g/mol. The molecule has 2 aromatic carbocycles. The summed E-state index contributed by atoms with van der Waals surface area (Å²) in [5, 5.41) is 19.0. The van der Waals surface area contributed by atoms with Crippen LogP contribution in [0, 0.1) is 17.2 Å². The highest BCUT2D eigenvalue weighted by Crippen LogP contribution is 2.23. The average molecular weight is 366 g/mol. The van der Waals surface area contributed by atoms with E-state index in [0.717, 1.165) is 16.3 Å². The van der Waals surface area contributed by atoms with Gasteiger partial charge in [0, 0.05) is 0 Å². The molecule has 2 aromatic rings. The highest BCUT2D eigenvalue weighted by Gasteiger charge is 2.22. The lowest BCUT2D eigenvalue weighted by molar-refractivity contribution is -0.123. The van der Waals surface area contributed by atoms with Gasteiger partial charge in [-0.15, -0.1) is 0 Å². The Morgan fingerprint density at radius 2 is 1.74 bits per heavy atom. The minimum Gasteiger partial charge on any atom is -0.341 e. The molecular formula is C21H26N4O2. The number of hydrogen-bond donors (Lipinski definition) is 3. The fourth-order valence-corrected chi connectivity index (χ4v) is 3.06. The van der Waals surface area contributed by atoms with Crippen molar-refractivity contribution in [2.24, 2.45) is 5.92 Å². The van der Waals surface area contributed by atoms with Gasteiger partial charge in [0.05, 0.1) is 12.1 Å². The summed E-state index contributed by atoms with van der Waals surface area (Å²) in [7, 11) is 0. The van der Waals surface area contributed by atoms with E-state index in [2.05, 4.69) is 16.0 Å². The number of urea groups is 1. The van der Waals surface area contributed by atoms with Crippen LogP contribution in [-0.4, -0.2) is 24.5 Å². The Labute approximate surface area is 159 Å². The van der Waals surface area contributed by atoms with Crippen LogP contribution in [0.25, 0.3) is 10.8 Å². The van der Waals surface area contributed by atoms with Gasteiger partial charge in [0.1, 0.15) is 12.6 Å². The molecule has 0 saturated carbocycles. The van der Waals surface area contributed by atoms with Crippen molar-refractivity contribution in [1.29, 1.82) is 5.26 Å². The first kappa shape index (κ1) is 20.2. The second-order valence-corrected chi connectivity index (χ2v) is 6.97. The minimum atomic E-state index is -0.682. The average Bonchev–Trinajstić information content (AvgIpc) is 2.64. The van der Waals surface area contributed by atoms with Gasteiger partial charge in [-0.05, 0) is 35.6 Å². The number of carbonyl (C=O) groups is 2. The van der Waals surface area contributed by atoms with E-state index >= 15 is 0 Å². The van der Waals surface area contributed by atoms with E-state index in [1.807, 2.05) is 69.3 Å². The maximum Gasteiger partial charge on any atom is 0.315 e. The number of hydrogen-bond acceptors (Lipinski definition) is 3. The van der Waals surface area contributed by atoms with E-state index in [-0.39, 0.29) is 24.4 Å². The van der Waals surface area contributed by atoms with Crippen LogP contribution in [0.1, 0.15) is 38.8 Å². The zero-order valence-electron chi connectivity index (χ0n) is 16.0. The Balaban J connectivity index is 2.07. The molecule has 1 unspecified atom stereocenters. The normalized spacial score (nSPS) is 12.9. The number of nitrogens with one attached hydrogen (secondary N) is 3. The summed E-state index contributed by atoms with van der Waals surface area (Å²) >= 11 is 0. The summed E-state index contributed by atoms with van der Waals surface area (Å²) in [4.78, 5) is 24.7. The van der Waals surface area contributed by atoms with Crippen molar-refractivity contribution in [3.63, 3.8) is 0 Å². The SMILES string of the molecule is CC(C)C[C@H](NC(=O)NC(C)c1cccc2ccccc12)C(=O)NCC#N. The van der Waals surface area contributed by atoms with Crippen LogP contribution in [0.3, 0.4) is 0 Å². The van der Waals surface area contributed by atoms with Gasteiger partial charge >= 0.3 is 6.03 Å². The third kappa shape index (κ3) is 5.71. The maximum atomic E-state index is 12.5. The standard InChI is InChI=1S/C21H26N4O2/c1-14(2)13-19(20(26)23-12-11-22)25-21(27)24-15(3)17-10-6-8-16-7-4-5-9-18(16)17/h4-10,14-15,19H,12-13H2,1-3H3,(H,23,26)(H2,24,25,27)/t15?,19-/m0/s1. The fourth-order valence-electron chi connectivity index (χ4n) is 3.06. The van der Waals surface area contributed by atoms with E-state index < -0.39 is 12.1 Å². The molecule has 0 heterocycles. The molecule has 0 aliphatic carbocycles. The topological polar surface area (TPSA) is 94.0 Å². The molecule has 27 heavy (non-hydrogen) atoms. The van der Waals surface area contributed by atoms with Crippen molar-refractivity contribution in [3.05, 3.63) is 48.0 Å². The molecule has 6 heteroatoms. The molecule has 0 aromatic heterocycles. The maximum absolute atomic E-state index is 12.5. The number of fused-ring (bicyclic) bond motifs is 1. The third-order valence-electron chi connectivity index (χ3n) is 4.31. The quantitative estimate of drug-likeness (QED) is 0.657.